The van der Waals surface area contributed by atoms with Gasteiger partial charge in [0.25, 0.3) is 0 Å². The van der Waals surface area contributed by atoms with E-state index in [4.69, 9.17) is 14.6 Å². The van der Waals surface area contributed by atoms with E-state index < -0.39 is 24.4 Å². The van der Waals surface area contributed by atoms with Gasteiger partial charge in [-0.15, -0.1) is 0 Å². The van der Waals surface area contributed by atoms with Crippen molar-refractivity contribution in [1.82, 2.24) is 0 Å². The average Bonchev–Trinajstić information content (AvgIpc) is 2.66. The van der Waals surface area contributed by atoms with Crippen molar-refractivity contribution in [2.75, 3.05) is 13.2 Å². The summed E-state index contributed by atoms with van der Waals surface area (Å²) in [6.45, 7) is 4.01. The summed E-state index contributed by atoms with van der Waals surface area (Å²) in [7, 11) is 0. The summed E-state index contributed by atoms with van der Waals surface area (Å²) in [5, 5.41) is 29.4. The Labute approximate surface area is 162 Å². The van der Waals surface area contributed by atoms with Crippen molar-refractivity contribution in [3.05, 3.63) is 11.8 Å². The third kappa shape index (κ3) is 6.01. The first-order valence-electron chi connectivity index (χ1n) is 10.5. The minimum Gasteiger partial charge on any atom is -0.482 e. The molecule has 0 amide bonds. The lowest BCUT2D eigenvalue weighted by Crippen LogP contribution is -2.55. The van der Waals surface area contributed by atoms with Crippen LogP contribution >= 0.6 is 0 Å². The van der Waals surface area contributed by atoms with E-state index in [9.17, 15) is 15.0 Å². The molecule has 2 aliphatic rings. The van der Waals surface area contributed by atoms with Gasteiger partial charge in [0.05, 0.1) is 13.2 Å². The van der Waals surface area contributed by atoms with Crippen LogP contribution in [0.3, 0.4) is 0 Å². The molecule has 6 nitrogen and oxygen atoms in total. The van der Waals surface area contributed by atoms with Gasteiger partial charge in [-0.25, -0.2) is 0 Å². The molecule has 27 heavy (non-hydrogen) atoms. The minimum atomic E-state index is -1.23. The maximum Gasteiger partial charge on any atom is 0.197 e. The number of Topliss-reactive ketones (excluding diaryl/α,β-unsaturated/α-hetero) is 1. The predicted molar refractivity (Wildman–Crippen MR) is 102 cm³/mol. The molecular weight excluding hydrogens is 348 g/mol. The van der Waals surface area contributed by atoms with Crippen LogP contribution in [0, 0.1) is 11.8 Å². The van der Waals surface area contributed by atoms with Gasteiger partial charge in [0.15, 0.2) is 17.6 Å². The van der Waals surface area contributed by atoms with Crippen molar-refractivity contribution >= 4 is 5.78 Å². The number of rotatable bonds is 10. The highest BCUT2D eigenvalue weighted by Crippen LogP contribution is 2.35. The fourth-order valence-corrected chi connectivity index (χ4v) is 4.03. The topological polar surface area (TPSA) is 96.2 Å². The molecule has 6 unspecified atom stereocenters. The molecule has 1 aliphatic carbocycles. The summed E-state index contributed by atoms with van der Waals surface area (Å²) >= 11 is 0. The molecule has 6 heteroatoms. The third-order valence-corrected chi connectivity index (χ3v) is 5.81. The van der Waals surface area contributed by atoms with E-state index in [2.05, 4.69) is 13.8 Å². The van der Waals surface area contributed by atoms with Crippen molar-refractivity contribution in [1.29, 1.82) is 0 Å². The van der Waals surface area contributed by atoms with E-state index in [1.165, 1.54) is 12.8 Å². The summed E-state index contributed by atoms with van der Waals surface area (Å²) in [5.41, 5.74) is 0. The van der Waals surface area contributed by atoms with E-state index in [1.54, 1.807) is 0 Å². The largest absolute Gasteiger partial charge is 0.482 e. The normalized spacial score (nSPS) is 34.4. The number of hydrogen-bond acceptors (Lipinski definition) is 6. The number of aliphatic hydroxyl groups excluding tert-OH is 3. The van der Waals surface area contributed by atoms with Crippen LogP contribution in [0.4, 0.5) is 0 Å². The molecule has 1 fully saturated rings. The van der Waals surface area contributed by atoms with Gasteiger partial charge < -0.3 is 24.8 Å². The molecule has 0 bridgehead atoms. The number of carbonyl (C=O) groups excluding carboxylic acids is 1. The summed E-state index contributed by atoms with van der Waals surface area (Å²) in [5.74, 6) is 0.937. The van der Waals surface area contributed by atoms with E-state index in [1.807, 2.05) is 6.08 Å². The smallest absolute Gasteiger partial charge is 0.197 e. The molecule has 1 heterocycles. The fraction of sp³-hybridized carbons (Fsp3) is 0.857. The van der Waals surface area contributed by atoms with Crippen LogP contribution in [-0.4, -0.2) is 58.7 Å². The molecular formula is C21H36O6. The van der Waals surface area contributed by atoms with Crippen molar-refractivity contribution in [2.45, 2.75) is 89.6 Å². The lowest BCUT2D eigenvalue weighted by atomic mass is 9.77. The van der Waals surface area contributed by atoms with E-state index in [-0.39, 0.29) is 19.0 Å². The number of ketones is 1. The van der Waals surface area contributed by atoms with Gasteiger partial charge in [0.2, 0.25) is 0 Å². The van der Waals surface area contributed by atoms with Crippen LogP contribution in [0.1, 0.15) is 65.2 Å². The van der Waals surface area contributed by atoms with Crippen molar-refractivity contribution in [3.8, 4) is 0 Å². The molecule has 0 spiro atoms. The molecule has 0 radical (unpaired) electrons. The van der Waals surface area contributed by atoms with Crippen LogP contribution in [0.2, 0.25) is 0 Å². The van der Waals surface area contributed by atoms with Gasteiger partial charge in [0.1, 0.15) is 18.3 Å². The standard InChI is InChI=1S/C21H36O6/c1-3-5-7-9-14-10-16(23)17(11-15(14)8-6-4-2)27-19-13-26-18(12-22)20(24)21(19)25/h11,14-15,18-22,24-25H,3-10,12-13H2,1-2H3. The van der Waals surface area contributed by atoms with Crippen LogP contribution in [0.5, 0.6) is 0 Å². The Morgan fingerprint density at radius 1 is 1.11 bits per heavy atom. The Morgan fingerprint density at radius 3 is 2.52 bits per heavy atom. The quantitative estimate of drug-likeness (QED) is 0.500. The Balaban J connectivity index is 2.04. The SMILES string of the molecule is CCCCCC1CC(=O)C(OC2COC(CO)C(O)C2O)=CC1CCCC. The van der Waals surface area contributed by atoms with Crippen LogP contribution in [0.25, 0.3) is 0 Å². The summed E-state index contributed by atoms with van der Waals surface area (Å²) in [6.07, 6.45) is 6.18. The summed E-state index contributed by atoms with van der Waals surface area (Å²) in [6, 6.07) is 0. The Bertz CT molecular complexity index is 491. The second kappa shape index (κ2) is 11.1. The number of allylic oxidation sites excluding steroid dienone is 2. The summed E-state index contributed by atoms with van der Waals surface area (Å²) < 4.78 is 11.2. The highest BCUT2D eigenvalue weighted by atomic mass is 16.6. The minimum absolute atomic E-state index is 0.0322. The van der Waals surface area contributed by atoms with E-state index >= 15 is 0 Å². The van der Waals surface area contributed by atoms with E-state index in [0.717, 1.165) is 32.1 Å². The molecule has 156 valence electrons. The third-order valence-electron chi connectivity index (χ3n) is 5.81. The number of unbranched alkanes of at least 4 members (excludes halogenated alkanes) is 3. The highest BCUT2D eigenvalue weighted by molar-refractivity contribution is 5.94. The number of carbonyl (C=O) groups is 1. The fourth-order valence-electron chi connectivity index (χ4n) is 4.03. The van der Waals surface area contributed by atoms with Crippen LogP contribution in [0.15, 0.2) is 11.8 Å². The van der Waals surface area contributed by atoms with Gasteiger partial charge in [-0.3, -0.25) is 4.79 Å². The van der Waals surface area contributed by atoms with Crippen LogP contribution in [-0.2, 0) is 14.3 Å². The van der Waals surface area contributed by atoms with Gasteiger partial charge >= 0.3 is 0 Å². The predicted octanol–water partition coefficient (Wildman–Crippen LogP) is 2.34. The van der Waals surface area contributed by atoms with E-state index in [0.29, 0.717) is 24.0 Å². The van der Waals surface area contributed by atoms with Gasteiger partial charge in [-0.2, -0.15) is 0 Å². The number of hydrogen-bond donors (Lipinski definition) is 3. The Morgan fingerprint density at radius 2 is 1.85 bits per heavy atom. The molecule has 0 aromatic rings. The second-order valence-electron chi connectivity index (χ2n) is 7.91. The Hall–Kier alpha value is -0.950. The maximum absolute atomic E-state index is 12.6. The molecule has 6 atom stereocenters. The first-order chi connectivity index (χ1) is 13.0. The van der Waals surface area contributed by atoms with Gasteiger partial charge in [0, 0.05) is 6.42 Å². The second-order valence-corrected chi connectivity index (χ2v) is 7.91. The molecule has 0 saturated carbocycles. The molecule has 0 aromatic carbocycles. The molecule has 1 aliphatic heterocycles. The number of aliphatic hydroxyl groups is 3. The first kappa shape index (κ1) is 22.3. The van der Waals surface area contributed by atoms with Gasteiger partial charge in [-0.05, 0) is 30.8 Å². The zero-order valence-corrected chi connectivity index (χ0v) is 16.7. The van der Waals surface area contributed by atoms with Crippen molar-refractivity contribution in [3.63, 3.8) is 0 Å². The summed E-state index contributed by atoms with van der Waals surface area (Å²) in [4.78, 5) is 12.6. The maximum atomic E-state index is 12.6. The molecule has 0 aromatic heterocycles. The average molecular weight is 385 g/mol. The zero-order chi connectivity index (χ0) is 19.8. The lowest BCUT2D eigenvalue weighted by Gasteiger charge is -2.38. The molecule has 3 N–H and O–H groups in total. The van der Waals surface area contributed by atoms with Crippen LogP contribution < -0.4 is 0 Å². The monoisotopic (exact) mass is 384 g/mol. The van der Waals surface area contributed by atoms with Crippen molar-refractivity contribution in [2.24, 2.45) is 11.8 Å². The van der Waals surface area contributed by atoms with Crippen molar-refractivity contribution < 1.29 is 29.6 Å². The van der Waals surface area contributed by atoms with Gasteiger partial charge in [-0.1, -0.05) is 46.0 Å². The molecule has 1 saturated heterocycles. The molecule has 2 rings (SSSR count). The number of ether oxygens (including phenoxy) is 2. The Kier molecular flexibility index (Phi) is 9.22. The zero-order valence-electron chi connectivity index (χ0n) is 16.7. The lowest BCUT2D eigenvalue weighted by molar-refractivity contribution is -0.200. The highest BCUT2D eigenvalue weighted by Gasteiger charge is 2.41. The first-order valence-corrected chi connectivity index (χ1v) is 10.5.